The summed E-state index contributed by atoms with van der Waals surface area (Å²) in [6.07, 6.45) is 3.76. The van der Waals surface area contributed by atoms with Crippen molar-refractivity contribution in [1.82, 2.24) is 0 Å². The molecule has 8 nitrogen and oxygen atoms in total. The smallest absolute Gasteiger partial charge is 0.333 e. The Balaban J connectivity index is 0. The van der Waals surface area contributed by atoms with Gasteiger partial charge >= 0.3 is 17.9 Å². The van der Waals surface area contributed by atoms with E-state index in [0.29, 0.717) is 31.0 Å². The number of hydrogen-bond acceptors (Lipinski definition) is 8. The van der Waals surface area contributed by atoms with Crippen LogP contribution in [0.2, 0.25) is 57.4 Å². The van der Waals surface area contributed by atoms with Crippen molar-refractivity contribution < 1.29 is 37.5 Å². The van der Waals surface area contributed by atoms with Crippen LogP contribution in [0.5, 0.6) is 0 Å². The second-order valence-electron chi connectivity index (χ2n) is 12.4. The third-order valence-corrected chi connectivity index (χ3v) is 14.9. The number of carbonyl (C=O) groups excluding carboxylic acids is 3. The molecule has 1 aromatic rings. The minimum absolute atomic E-state index is 0.334. The van der Waals surface area contributed by atoms with E-state index >= 15 is 0 Å². The summed E-state index contributed by atoms with van der Waals surface area (Å²) < 4.78 is 21.2. The van der Waals surface area contributed by atoms with Gasteiger partial charge in [-0.25, -0.2) is 14.4 Å². The van der Waals surface area contributed by atoms with Crippen LogP contribution in [0.3, 0.4) is 0 Å². The molecule has 0 bridgehead atoms. The number of aryl methyl sites for hydroxylation is 1. The van der Waals surface area contributed by atoms with Gasteiger partial charge in [-0.15, -0.1) is 0 Å². The normalized spacial score (nSPS) is 11.0. The monoisotopic (exact) mass is 666 g/mol. The third-order valence-electron chi connectivity index (χ3n) is 5.88. The Morgan fingerprint density at radius 1 is 0.773 bits per heavy atom. The van der Waals surface area contributed by atoms with E-state index in [2.05, 4.69) is 62.8 Å². The number of carbonyl (C=O) groups is 3. The molecular weight excluding hydrogens is 609 g/mol. The quantitative estimate of drug-likeness (QED) is 0.0596. The first kappa shape index (κ1) is 43.5. The Bertz CT molecular complexity index is 987. The highest BCUT2D eigenvalue weighted by Gasteiger charge is 2.32. The first-order chi connectivity index (χ1) is 20.2. The van der Waals surface area contributed by atoms with Crippen LogP contribution < -0.4 is 0 Å². The van der Waals surface area contributed by atoms with Crippen LogP contribution in [-0.4, -0.2) is 67.5 Å². The van der Waals surface area contributed by atoms with Gasteiger partial charge in [0, 0.05) is 17.2 Å². The summed E-state index contributed by atoms with van der Waals surface area (Å²) in [6, 6.07) is 13.2. The lowest BCUT2D eigenvalue weighted by Gasteiger charge is -2.34. The fourth-order valence-corrected chi connectivity index (χ4v) is 13.4. The summed E-state index contributed by atoms with van der Waals surface area (Å²) >= 11 is 0. The lowest BCUT2D eigenvalue weighted by molar-refractivity contribution is -0.139. The Labute approximate surface area is 269 Å². The van der Waals surface area contributed by atoms with Gasteiger partial charge in [0.1, 0.15) is 0 Å². The maximum absolute atomic E-state index is 11.4. The lowest BCUT2D eigenvalue weighted by atomic mass is 10.2. The summed E-state index contributed by atoms with van der Waals surface area (Å²) in [5.74, 6) is -1.03. The van der Waals surface area contributed by atoms with Crippen LogP contribution in [0, 0.1) is 0 Å². The number of ether oxygens (including phenoxy) is 3. The van der Waals surface area contributed by atoms with Crippen LogP contribution in [0.1, 0.15) is 39.2 Å². The van der Waals surface area contributed by atoms with Gasteiger partial charge < -0.3 is 23.1 Å². The second kappa shape index (κ2) is 22.9. The molecule has 250 valence electrons. The largest absolute Gasteiger partial charge is 0.463 e. The molecule has 0 fully saturated rings. The topological polar surface area (TPSA) is 108 Å². The van der Waals surface area contributed by atoms with Gasteiger partial charge in [0.25, 0.3) is 0 Å². The van der Waals surface area contributed by atoms with Crippen LogP contribution in [-0.2, 0) is 39.1 Å². The molecule has 1 rings (SSSR count). The summed E-state index contributed by atoms with van der Waals surface area (Å²) in [6.45, 7) is 29.4. The first-order valence-electron chi connectivity index (χ1n) is 15.2. The zero-order valence-corrected chi connectivity index (χ0v) is 31.8. The van der Waals surface area contributed by atoms with Crippen LogP contribution in [0.4, 0.5) is 0 Å². The van der Waals surface area contributed by atoms with Gasteiger partial charge in [0.05, 0.1) is 19.8 Å². The average Bonchev–Trinajstić information content (AvgIpc) is 2.92. The fraction of sp³-hybridized carbons (Fsp3) is 0.545. The molecule has 0 saturated heterocycles. The number of rotatable bonds is 17. The third kappa shape index (κ3) is 27.0. The number of esters is 3. The highest BCUT2D eigenvalue weighted by molar-refractivity contribution is 6.84. The summed E-state index contributed by atoms with van der Waals surface area (Å²) in [5.41, 5.74) is 2.18. The van der Waals surface area contributed by atoms with Crippen LogP contribution in [0.25, 0.3) is 0 Å². The van der Waals surface area contributed by atoms with Gasteiger partial charge in [-0.05, 0) is 103 Å². The van der Waals surface area contributed by atoms with E-state index in [1.165, 1.54) is 5.56 Å². The highest BCUT2D eigenvalue weighted by Crippen LogP contribution is 2.24. The van der Waals surface area contributed by atoms with Gasteiger partial charge in [-0.3, -0.25) is 0 Å². The second-order valence-corrected chi connectivity index (χ2v) is 25.4. The van der Waals surface area contributed by atoms with Crippen LogP contribution >= 0.6 is 0 Å². The van der Waals surface area contributed by atoms with Gasteiger partial charge in [-0.1, -0.05) is 50.1 Å². The maximum atomic E-state index is 11.4. The summed E-state index contributed by atoms with van der Waals surface area (Å²) in [7, 11) is -5.46. The molecule has 0 unspecified atom stereocenters. The first-order valence-corrected chi connectivity index (χ1v) is 24.5. The van der Waals surface area contributed by atoms with E-state index in [0.717, 1.165) is 43.5 Å². The number of hydrogen-bond donors (Lipinski definition) is 1. The predicted molar refractivity (Wildman–Crippen MR) is 188 cm³/mol. The molecular formula is C33H58O8Si3. The van der Waals surface area contributed by atoms with Crippen molar-refractivity contribution in [2.75, 3.05) is 19.8 Å². The molecule has 11 heteroatoms. The van der Waals surface area contributed by atoms with Crippen molar-refractivity contribution in [2.24, 2.45) is 0 Å². The zero-order chi connectivity index (χ0) is 34.4. The molecule has 0 spiro atoms. The minimum atomic E-state index is -1.84. The lowest BCUT2D eigenvalue weighted by Crippen LogP contribution is -2.44. The molecule has 0 amide bonds. The van der Waals surface area contributed by atoms with Crippen molar-refractivity contribution >= 4 is 42.9 Å². The van der Waals surface area contributed by atoms with Crippen molar-refractivity contribution in [1.29, 1.82) is 0 Å². The molecule has 1 aromatic carbocycles. The van der Waals surface area contributed by atoms with E-state index in [9.17, 15) is 19.2 Å². The molecule has 0 aromatic heterocycles. The predicted octanol–water partition coefficient (Wildman–Crippen LogP) is 7.59. The molecule has 0 radical (unpaired) electrons. The van der Waals surface area contributed by atoms with E-state index < -0.39 is 25.0 Å². The fourth-order valence-electron chi connectivity index (χ4n) is 3.72. The van der Waals surface area contributed by atoms with E-state index in [4.69, 9.17) is 13.6 Å². The zero-order valence-electron chi connectivity index (χ0n) is 28.8. The Kier molecular flexibility index (Phi) is 22.6. The standard InChI is InChI=1S/C18H34O5Si2.C10H16OSi.C5H8O2/c1-15(2)17(19)21-11-9-13-24(5,6)23-25(7,8)14-10-12-22-18(20)16(3)4;1-12(2,11)9-8-10-6-4-3-5-7-10;1-3-5(6)7-4-2/h1,3,9-14H2,2,4-8H3;3-7,11H,8-9H2,1-2H3;3H,1,4H2,2H3. The maximum Gasteiger partial charge on any atom is 0.333 e. The van der Waals surface area contributed by atoms with Crippen molar-refractivity contribution in [3.05, 3.63) is 72.9 Å². The molecule has 44 heavy (non-hydrogen) atoms. The Morgan fingerprint density at radius 2 is 1.20 bits per heavy atom. The summed E-state index contributed by atoms with van der Waals surface area (Å²) in [5, 5.41) is 0. The SMILES string of the molecule is C=C(C)C(=O)OCCC[Si](C)(C)O[Si](C)(C)CCCOC(=O)C(=C)C.C=CC(=O)OCC.C[Si](C)(O)CCc1ccccc1. The number of benzene rings is 1. The van der Waals surface area contributed by atoms with Crippen molar-refractivity contribution in [3.63, 3.8) is 0 Å². The molecule has 0 saturated carbocycles. The minimum Gasteiger partial charge on any atom is -0.463 e. The molecule has 0 atom stereocenters. The van der Waals surface area contributed by atoms with Gasteiger partial charge in [-0.2, -0.15) is 0 Å². The van der Waals surface area contributed by atoms with E-state index in [1.54, 1.807) is 20.8 Å². The molecule has 0 aliphatic rings. The average molecular weight is 667 g/mol. The van der Waals surface area contributed by atoms with Gasteiger partial charge in [0.15, 0.2) is 25.0 Å². The highest BCUT2D eigenvalue weighted by atomic mass is 28.4. The van der Waals surface area contributed by atoms with Crippen molar-refractivity contribution in [2.45, 2.75) is 97.4 Å². The molecule has 0 aliphatic heterocycles. The molecule has 1 N–H and O–H groups in total. The molecule has 0 aliphatic carbocycles. The Hall–Kier alpha value is -2.58. The van der Waals surface area contributed by atoms with E-state index in [1.807, 2.05) is 31.3 Å². The van der Waals surface area contributed by atoms with Crippen LogP contribution in [0.15, 0.2) is 67.3 Å². The summed E-state index contributed by atoms with van der Waals surface area (Å²) in [4.78, 5) is 42.4. The van der Waals surface area contributed by atoms with E-state index in [-0.39, 0.29) is 17.9 Å². The molecule has 0 heterocycles. The van der Waals surface area contributed by atoms with Crippen molar-refractivity contribution in [3.8, 4) is 0 Å². The van der Waals surface area contributed by atoms with Gasteiger partial charge in [0.2, 0.25) is 0 Å². The Morgan fingerprint density at radius 3 is 1.52 bits per heavy atom.